The Balaban J connectivity index is 1.68. The average molecular weight is 383 g/mol. The van der Waals surface area contributed by atoms with Gasteiger partial charge in [0.15, 0.2) is 5.11 Å². The molecular weight excluding hydrogens is 356 g/mol. The summed E-state index contributed by atoms with van der Waals surface area (Å²) in [6.45, 7) is 10.4. The van der Waals surface area contributed by atoms with Crippen LogP contribution in [0.5, 0.6) is 11.5 Å². The zero-order valence-corrected chi connectivity index (χ0v) is 16.9. The van der Waals surface area contributed by atoms with Crippen molar-refractivity contribution in [3.05, 3.63) is 66.2 Å². The highest BCUT2D eigenvalue weighted by Gasteiger charge is 2.34. The summed E-state index contributed by atoms with van der Waals surface area (Å²) in [5, 5.41) is 7.29. The molecule has 27 heavy (non-hydrogen) atoms. The van der Waals surface area contributed by atoms with E-state index in [0.717, 1.165) is 29.2 Å². The first-order chi connectivity index (χ1) is 12.9. The first-order valence-corrected chi connectivity index (χ1v) is 9.48. The molecule has 0 fully saturated rings. The van der Waals surface area contributed by atoms with E-state index in [1.54, 1.807) is 6.08 Å². The van der Waals surface area contributed by atoms with Crippen LogP contribution in [0.3, 0.4) is 0 Å². The van der Waals surface area contributed by atoms with Gasteiger partial charge < -0.3 is 20.1 Å². The first kappa shape index (κ1) is 19.2. The molecule has 2 aromatic rings. The quantitative estimate of drug-likeness (QED) is 0.553. The molecule has 0 aromatic heterocycles. The van der Waals surface area contributed by atoms with Gasteiger partial charge in [-0.1, -0.05) is 30.4 Å². The van der Waals surface area contributed by atoms with Crippen molar-refractivity contribution < 1.29 is 9.47 Å². The van der Waals surface area contributed by atoms with Crippen molar-refractivity contribution >= 4 is 23.0 Å². The number of ether oxygens (including phenoxy) is 2. The lowest BCUT2D eigenvalue weighted by molar-refractivity contribution is 0.0696. The van der Waals surface area contributed by atoms with Gasteiger partial charge in [-0.25, -0.2) is 0 Å². The van der Waals surface area contributed by atoms with Crippen molar-refractivity contribution in [1.29, 1.82) is 0 Å². The van der Waals surface area contributed by atoms with Gasteiger partial charge in [0.25, 0.3) is 0 Å². The number of benzene rings is 2. The van der Waals surface area contributed by atoms with E-state index in [1.165, 1.54) is 5.56 Å². The molecule has 0 radical (unpaired) electrons. The Labute approximate surface area is 166 Å². The first-order valence-electron chi connectivity index (χ1n) is 9.07. The van der Waals surface area contributed by atoms with Crippen LogP contribution in [0.15, 0.2) is 55.1 Å². The van der Waals surface area contributed by atoms with Gasteiger partial charge >= 0.3 is 0 Å². The molecular formula is C22H26N2O2S. The van der Waals surface area contributed by atoms with Crippen LogP contribution >= 0.6 is 12.2 Å². The monoisotopic (exact) mass is 382 g/mol. The molecule has 1 aliphatic rings. The van der Waals surface area contributed by atoms with E-state index in [0.29, 0.717) is 11.7 Å². The topological polar surface area (TPSA) is 42.5 Å². The van der Waals surface area contributed by atoms with Crippen molar-refractivity contribution in [2.24, 2.45) is 0 Å². The van der Waals surface area contributed by atoms with Gasteiger partial charge in [-0.2, -0.15) is 0 Å². The molecule has 1 aliphatic heterocycles. The van der Waals surface area contributed by atoms with E-state index >= 15 is 0 Å². The van der Waals surface area contributed by atoms with Crippen LogP contribution in [0.4, 0.5) is 5.69 Å². The number of aryl methyl sites for hydroxylation is 1. The van der Waals surface area contributed by atoms with Crippen LogP contribution in [0.1, 0.15) is 37.4 Å². The lowest BCUT2D eigenvalue weighted by Gasteiger charge is -2.38. The smallest absolute Gasteiger partial charge is 0.171 e. The Morgan fingerprint density at radius 3 is 2.74 bits per heavy atom. The second-order valence-corrected chi connectivity index (χ2v) is 7.79. The SMILES string of the molecule is C=CCOc1ccc(NC(=S)N[C@@H]2CC(C)(C)Oc3ccc(C)cc32)cc1. The molecule has 3 rings (SSSR count). The molecule has 2 aromatic carbocycles. The summed E-state index contributed by atoms with van der Waals surface area (Å²) in [5.41, 5.74) is 3.01. The number of rotatable bonds is 5. The molecule has 142 valence electrons. The van der Waals surface area contributed by atoms with Gasteiger partial charge in [0.05, 0.1) is 6.04 Å². The fourth-order valence-electron chi connectivity index (χ4n) is 3.22. The standard InChI is InChI=1S/C22H26N2O2S/c1-5-12-25-17-9-7-16(8-10-17)23-21(27)24-19-14-22(3,4)26-20-11-6-15(2)13-18(19)20/h5-11,13,19H,1,12,14H2,2-4H3,(H2,23,24,27)/t19-/m1/s1. The van der Waals surface area contributed by atoms with E-state index in [-0.39, 0.29) is 11.6 Å². The fourth-order valence-corrected chi connectivity index (χ4v) is 3.48. The predicted octanol–water partition coefficient (Wildman–Crippen LogP) is 5.15. The molecule has 2 N–H and O–H groups in total. The number of hydrogen-bond donors (Lipinski definition) is 2. The molecule has 1 atom stereocenters. The number of nitrogens with one attached hydrogen (secondary N) is 2. The van der Waals surface area contributed by atoms with Crippen LogP contribution in [0, 0.1) is 6.92 Å². The maximum Gasteiger partial charge on any atom is 0.171 e. The lowest BCUT2D eigenvalue weighted by Crippen LogP contribution is -2.42. The zero-order valence-electron chi connectivity index (χ0n) is 16.0. The second kappa shape index (κ2) is 8.01. The van der Waals surface area contributed by atoms with E-state index < -0.39 is 0 Å². The molecule has 0 spiro atoms. The summed E-state index contributed by atoms with van der Waals surface area (Å²) in [6, 6.07) is 14.1. The summed E-state index contributed by atoms with van der Waals surface area (Å²) >= 11 is 5.55. The number of fused-ring (bicyclic) bond motifs is 1. The van der Waals surface area contributed by atoms with Crippen LogP contribution in [0.25, 0.3) is 0 Å². The molecule has 0 aliphatic carbocycles. The highest BCUT2D eigenvalue weighted by atomic mass is 32.1. The van der Waals surface area contributed by atoms with Crippen LogP contribution in [-0.2, 0) is 0 Å². The Hall–Kier alpha value is -2.53. The van der Waals surface area contributed by atoms with Gasteiger partial charge in [0.2, 0.25) is 0 Å². The van der Waals surface area contributed by atoms with Gasteiger partial charge in [0.1, 0.15) is 23.7 Å². The van der Waals surface area contributed by atoms with Crippen molar-refractivity contribution in [2.75, 3.05) is 11.9 Å². The number of anilines is 1. The minimum Gasteiger partial charge on any atom is -0.490 e. The molecule has 0 saturated carbocycles. The third kappa shape index (κ3) is 5.01. The molecule has 1 heterocycles. The fraction of sp³-hybridized carbons (Fsp3) is 0.318. The Morgan fingerprint density at radius 1 is 1.30 bits per heavy atom. The molecule has 5 heteroatoms. The average Bonchev–Trinajstić information content (AvgIpc) is 2.61. The Bertz CT molecular complexity index is 831. The van der Waals surface area contributed by atoms with Crippen LogP contribution in [0.2, 0.25) is 0 Å². The Morgan fingerprint density at radius 2 is 2.04 bits per heavy atom. The summed E-state index contributed by atoms with van der Waals surface area (Å²) in [6.07, 6.45) is 2.56. The third-order valence-electron chi connectivity index (χ3n) is 4.41. The summed E-state index contributed by atoms with van der Waals surface area (Å²) < 4.78 is 11.6. The van der Waals surface area contributed by atoms with E-state index in [9.17, 15) is 0 Å². The minimum atomic E-state index is -0.250. The maximum atomic E-state index is 6.13. The summed E-state index contributed by atoms with van der Waals surface area (Å²) in [5.74, 6) is 1.72. The highest BCUT2D eigenvalue weighted by Crippen LogP contribution is 2.39. The van der Waals surface area contributed by atoms with Crippen molar-refractivity contribution in [2.45, 2.75) is 38.8 Å². The highest BCUT2D eigenvalue weighted by molar-refractivity contribution is 7.80. The molecule has 0 bridgehead atoms. The molecule has 0 saturated heterocycles. The molecule has 0 amide bonds. The van der Waals surface area contributed by atoms with Gasteiger partial charge in [-0.15, -0.1) is 0 Å². The summed E-state index contributed by atoms with van der Waals surface area (Å²) in [4.78, 5) is 0. The molecule has 0 unspecified atom stereocenters. The predicted molar refractivity (Wildman–Crippen MR) is 115 cm³/mol. The van der Waals surface area contributed by atoms with Gasteiger partial charge in [-0.3, -0.25) is 0 Å². The minimum absolute atomic E-state index is 0.0962. The maximum absolute atomic E-state index is 6.13. The van der Waals surface area contributed by atoms with Crippen molar-refractivity contribution in [3.8, 4) is 11.5 Å². The second-order valence-electron chi connectivity index (χ2n) is 7.38. The Kier molecular flexibility index (Phi) is 5.71. The zero-order chi connectivity index (χ0) is 19.4. The van der Waals surface area contributed by atoms with Gasteiger partial charge in [-0.05, 0) is 63.3 Å². The molecule has 4 nitrogen and oxygen atoms in total. The largest absolute Gasteiger partial charge is 0.490 e. The number of hydrogen-bond acceptors (Lipinski definition) is 3. The van der Waals surface area contributed by atoms with E-state index in [4.69, 9.17) is 21.7 Å². The van der Waals surface area contributed by atoms with Crippen LogP contribution < -0.4 is 20.1 Å². The van der Waals surface area contributed by atoms with E-state index in [1.807, 2.05) is 30.3 Å². The number of thiocarbonyl (C=S) groups is 1. The van der Waals surface area contributed by atoms with Crippen molar-refractivity contribution in [1.82, 2.24) is 5.32 Å². The van der Waals surface area contributed by atoms with Gasteiger partial charge in [0, 0.05) is 17.7 Å². The van der Waals surface area contributed by atoms with Crippen LogP contribution in [-0.4, -0.2) is 17.3 Å². The normalized spacial score (nSPS) is 17.2. The van der Waals surface area contributed by atoms with E-state index in [2.05, 4.69) is 50.1 Å². The van der Waals surface area contributed by atoms with Crippen molar-refractivity contribution in [3.63, 3.8) is 0 Å². The summed E-state index contributed by atoms with van der Waals surface area (Å²) in [7, 11) is 0. The lowest BCUT2D eigenvalue weighted by atomic mass is 9.89. The third-order valence-corrected chi connectivity index (χ3v) is 4.63.